The first-order valence-corrected chi connectivity index (χ1v) is 7.46. The van der Waals surface area contributed by atoms with Gasteiger partial charge in [0.15, 0.2) is 0 Å². The number of hydrogen-bond donors (Lipinski definition) is 1. The summed E-state index contributed by atoms with van der Waals surface area (Å²) in [5.74, 6) is 0.722. The fraction of sp³-hybridized carbons (Fsp3) is 0.471. The molecule has 1 N–H and O–H groups in total. The number of rotatable bonds is 3. The summed E-state index contributed by atoms with van der Waals surface area (Å²) in [6, 6.07) is 6.51. The van der Waals surface area contributed by atoms with Crippen molar-refractivity contribution in [3.8, 4) is 11.1 Å². The molecule has 1 fully saturated rings. The van der Waals surface area contributed by atoms with Crippen molar-refractivity contribution in [2.75, 3.05) is 13.1 Å². The van der Waals surface area contributed by atoms with Gasteiger partial charge in [-0.25, -0.2) is 0 Å². The molecule has 0 saturated carbocycles. The molecule has 106 valence electrons. The Balaban J connectivity index is 1.91. The third kappa shape index (κ3) is 2.38. The van der Waals surface area contributed by atoms with Gasteiger partial charge in [-0.3, -0.25) is 4.68 Å². The maximum absolute atomic E-state index is 4.62. The zero-order chi connectivity index (χ0) is 14.1. The minimum absolute atomic E-state index is 0.722. The SMILES string of the molecule is Cc1cccc(-c2cnn(CC3CCNC3)c2C)c1C. The average molecular weight is 269 g/mol. The number of benzene rings is 1. The Hall–Kier alpha value is -1.61. The molecule has 20 heavy (non-hydrogen) atoms. The van der Waals surface area contributed by atoms with Gasteiger partial charge in [0, 0.05) is 17.8 Å². The number of hydrogen-bond acceptors (Lipinski definition) is 2. The van der Waals surface area contributed by atoms with Gasteiger partial charge in [0.2, 0.25) is 0 Å². The van der Waals surface area contributed by atoms with E-state index in [2.05, 4.69) is 54.1 Å². The van der Waals surface area contributed by atoms with E-state index in [-0.39, 0.29) is 0 Å². The van der Waals surface area contributed by atoms with E-state index in [0.717, 1.165) is 25.6 Å². The summed E-state index contributed by atoms with van der Waals surface area (Å²) in [6.45, 7) is 9.86. The largest absolute Gasteiger partial charge is 0.316 e. The van der Waals surface area contributed by atoms with Crippen LogP contribution < -0.4 is 5.32 Å². The molecule has 3 heteroatoms. The quantitative estimate of drug-likeness (QED) is 0.928. The van der Waals surface area contributed by atoms with E-state index in [4.69, 9.17) is 0 Å². The highest BCUT2D eigenvalue weighted by atomic mass is 15.3. The van der Waals surface area contributed by atoms with Crippen LogP contribution in [-0.2, 0) is 6.54 Å². The summed E-state index contributed by atoms with van der Waals surface area (Å²) in [6.07, 6.45) is 3.29. The number of aromatic nitrogens is 2. The smallest absolute Gasteiger partial charge is 0.0571 e. The first-order valence-electron chi connectivity index (χ1n) is 7.46. The fourth-order valence-electron chi connectivity index (χ4n) is 3.05. The van der Waals surface area contributed by atoms with Gasteiger partial charge >= 0.3 is 0 Å². The van der Waals surface area contributed by atoms with E-state index in [0.29, 0.717) is 0 Å². The van der Waals surface area contributed by atoms with Crippen LogP contribution in [0.5, 0.6) is 0 Å². The first-order chi connectivity index (χ1) is 9.66. The lowest BCUT2D eigenvalue weighted by Gasteiger charge is -2.12. The van der Waals surface area contributed by atoms with Crippen LogP contribution in [-0.4, -0.2) is 22.9 Å². The Morgan fingerprint density at radius 1 is 1.25 bits per heavy atom. The van der Waals surface area contributed by atoms with Gasteiger partial charge in [0.1, 0.15) is 0 Å². The van der Waals surface area contributed by atoms with Gasteiger partial charge in [0.25, 0.3) is 0 Å². The lowest BCUT2D eigenvalue weighted by Crippen LogP contribution is -2.16. The van der Waals surface area contributed by atoms with Gasteiger partial charge in [-0.1, -0.05) is 18.2 Å². The maximum Gasteiger partial charge on any atom is 0.0571 e. The third-order valence-electron chi connectivity index (χ3n) is 4.59. The number of aryl methyl sites for hydroxylation is 1. The van der Waals surface area contributed by atoms with Crippen LogP contribution in [0.25, 0.3) is 11.1 Å². The highest BCUT2D eigenvalue weighted by Gasteiger charge is 2.18. The van der Waals surface area contributed by atoms with Crippen molar-refractivity contribution in [1.29, 1.82) is 0 Å². The molecule has 1 aliphatic rings. The van der Waals surface area contributed by atoms with Crippen molar-refractivity contribution in [3.05, 3.63) is 41.2 Å². The molecule has 0 bridgehead atoms. The maximum atomic E-state index is 4.62. The first kappa shape index (κ1) is 13.4. The van der Waals surface area contributed by atoms with Crippen LogP contribution in [0, 0.1) is 26.7 Å². The zero-order valence-electron chi connectivity index (χ0n) is 12.6. The topological polar surface area (TPSA) is 29.9 Å². The van der Waals surface area contributed by atoms with Crippen LogP contribution in [0.1, 0.15) is 23.2 Å². The van der Waals surface area contributed by atoms with Crippen molar-refractivity contribution < 1.29 is 0 Å². The standard InChI is InChI=1S/C17H23N3/c1-12-5-4-6-16(13(12)2)17-10-19-20(14(17)3)11-15-7-8-18-9-15/h4-6,10,15,18H,7-9,11H2,1-3H3. The molecule has 0 amide bonds. The molecular weight excluding hydrogens is 246 g/mol. The van der Waals surface area contributed by atoms with Crippen molar-refractivity contribution in [1.82, 2.24) is 15.1 Å². The number of nitrogens with one attached hydrogen (secondary N) is 1. The zero-order valence-corrected chi connectivity index (χ0v) is 12.6. The third-order valence-corrected chi connectivity index (χ3v) is 4.59. The minimum Gasteiger partial charge on any atom is -0.316 e. The van der Waals surface area contributed by atoms with E-state index in [1.165, 1.54) is 34.4 Å². The summed E-state index contributed by atoms with van der Waals surface area (Å²) in [4.78, 5) is 0. The molecule has 0 aliphatic carbocycles. The van der Waals surface area contributed by atoms with Gasteiger partial charge in [-0.2, -0.15) is 5.10 Å². The lowest BCUT2D eigenvalue weighted by atomic mass is 9.98. The molecule has 1 atom stereocenters. The van der Waals surface area contributed by atoms with Crippen LogP contribution in [0.3, 0.4) is 0 Å². The summed E-state index contributed by atoms with van der Waals surface area (Å²) in [5, 5.41) is 8.04. The minimum atomic E-state index is 0.722. The molecule has 1 saturated heterocycles. The van der Waals surface area contributed by atoms with Crippen molar-refractivity contribution >= 4 is 0 Å². The molecule has 0 spiro atoms. The van der Waals surface area contributed by atoms with Gasteiger partial charge in [0.05, 0.1) is 6.20 Å². The second-order valence-electron chi connectivity index (χ2n) is 5.93. The molecule has 2 heterocycles. The van der Waals surface area contributed by atoms with Crippen LogP contribution >= 0.6 is 0 Å². The molecular formula is C17H23N3. The second kappa shape index (κ2) is 5.41. The monoisotopic (exact) mass is 269 g/mol. The molecule has 0 radical (unpaired) electrons. The summed E-state index contributed by atoms with van der Waals surface area (Å²) < 4.78 is 2.18. The molecule has 1 aliphatic heterocycles. The molecule has 2 aromatic rings. The van der Waals surface area contributed by atoms with Gasteiger partial charge < -0.3 is 5.32 Å². The van der Waals surface area contributed by atoms with E-state index in [1.54, 1.807) is 0 Å². The average Bonchev–Trinajstić information content (AvgIpc) is 3.06. The Kier molecular flexibility index (Phi) is 3.62. The predicted octanol–water partition coefficient (Wildman–Crippen LogP) is 3.08. The molecule has 3 nitrogen and oxygen atoms in total. The molecule has 1 unspecified atom stereocenters. The molecule has 1 aromatic carbocycles. The van der Waals surface area contributed by atoms with Crippen molar-refractivity contribution in [3.63, 3.8) is 0 Å². The Morgan fingerprint density at radius 2 is 2.10 bits per heavy atom. The fourth-order valence-corrected chi connectivity index (χ4v) is 3.05. The lowest BCUT2D eigenvalue weighted by molar-refractivity contribution is 0.443. The van der Waals surface area contributed by atoms with Crippen LogP contribution in [0.4, 0.5) is 0 Å². The normalized spacial score (nSPS) is 18.6. The molecule has 3 rings (SSSR count). The van der Waals surface area contributed by atoms with Crippen LogP contribution in [0.15, 0.2) is 24.4 Å². The Labute approximate surface area is 121 Å². The van der Waals surface area contributed by atoms with Crippen molar-refractivity contribution in [2.45, 2.75) is 33.7 Å². The van der Waals surface area contributed by atoms with Gasteiger partial charge in [-0.15, -0.1) is 0 Å². The van der Waals surface area contributed by atoms with E-state index < -0.39 is 0 Å². The van der Waals surface area contributed by atoms with E-state index >= 15 is 0 Å². The highest BCUT2D eigenvalue weighted by molar-refractivity contribution is 5.69. The highest BCUT2D eigenvalue weighted by Crippen LogP contribution is 2.28. The Bertz CT molecular complexity index is 607. The molecule has 1 aromatic heterocycles. The Morgan fingerprint density at radius 3 is 2.85 bits per heavy atom. The predicted molar refractivity (Wildman–Crippen MR) is 82.9 cm³/mol. The summed E-state index contributed by atoms with van der Waals surface area (Å²) in [5.41, 5.74) is 6.58. The van der Waals surface area contributed by atoms with Crippen molar-refractivity contribution in [2.24, 2.45) is 5.92 Å². The van der Waals surface area contributed by atoms with E-state index in [9.17, 15) is 0 Å². The second-order valence-corrected chi connectivity index (χ2v) is 5.93. The van der Waals surface area contributed by atoms with Crippen LogP contribution in [0.2, 0.25) is 0 Å². The summed E-state index contributed by atoms with van der Waals surface area (Å²) >= 11 is 0. The van der Waals surface area contributed by atoms with Gasteiger partial charge in [-0.05, 0) is 62.9 Å². The van der Waals surface area contributed by atoms with E-state index in [1.807, 2.05) is 6.20 Å². The number of nitrogens with zero attached hydrogens (tertiary/aromatic N) is 2. The summed E-state index contributed by atoms with van der Waals surface area (Å²) in [7, 11) is 0.